The van der Waals surface area contributed by atoms with Gasteiger partial charge in [-0.2, -0.15) is 0 Å². The minimum Gasteiger partial charge on any atom is -0.309 e. The van der Waals surface area contributed by atoms with Crippen molar-refractivity contribution in [1.29, 1.82) is 0 Å². The summed E-state index contributed by atoms with van der Waals surface area (Å²) in [5.41, 5.74) is 18.1. The zero-order chi connectivity index (χ0) is 52.7. The fourth-order valence-corrected chi connectivity index (χ4v) is 16.7. The molecule has 0 aliphatic heterocycles. The van der Waals surface area contributed by atoms with Crippen LogP contribution in [-0.2, 0) is 0 Å². The molecule has 2 aromatic heterocycles. The second kappa shape index (κ2) is 20.2. The van der Waals surface area contributed by atoms with E-state index in [9.17, 15) is 0 Å². The van der Waals surface area contributed by atoms with Crippen LogP contribution in [0.25, 0.3) is 95.0 Å². The van der Waals surface area contributed by atoms with Crippen LogP contribution in [0, 0.1) is 27.7 Å². The lowest BCUT2D eigenvalue weighted by Gasteiger charge is -2.34. The quantitative estimate of drug-likeness (QED) is 0.0958. The molecule has 0 fully saturated rings. The summed E-state index contributed by atoms with van der Waals surface area (Å²) in [7, 11) is -2.90. The highest BCUT2D eigenvalue weighted by molar-refractivity contribution is 7.19. The van der Waals surface area contributed by atoms with Gasteiger partial charge in [0.2, 0.25) is 0 Å². The van der Waals surface area contributed by atoms with E-state index in [1.807, 2.05) is 36.4 Å². The van der Waals surface area contributed by atoms with E-state index in [2.05, 4.69) is 263 Å². The molecule has 2 heterocycles. The van der Waals surface area contributed by atoms with Crippen LogP contribution >= 0.6 is 0 Å². The SMILES string of the molecule is Cc1ccc(-c2ccc3c(c2)c2cc(-c4ccc(C)cc4C)ccc2n3-c2cc(-c3nc(-c4ccccc4)nc(-c4ccccc4)n3)ccc2-c2cccc([Si](c3ccccc3)(c3ccccc3)c3ccccc3)c2)c(C)c1. The number of benzene rings is 11. The van der Waals surface area contributed by atoms with Gasteiger partial charge >= 0.3 is 0 Å². The molecule has 0 spiro atoms. The lowest BCUT2D eigenvalue weighted by molar-refractivity contribution is 1.07. The number of aromatic nitrogens is 4. The fraction of sp³-hybridized carbons (Fsp3) is 0.0548. The number of fused-ring (bicyclic) bond motifs is 3. The van der Waals surface area contributed by atoms with Crippen molar-refractivity contribution in [2.24, 2.45) is 0 Å². The lowest BCUT2D eigenvalue weighted by Crippen LogP contribution is -2.74. The molecule has 0 aliphatic carbocycles. The van der Waals surface area contributed by atoms with Gasteiger partial charge < -0.3 is 4.57 Å². The second-order valence-electron chi connectivity index (χ2n) is 20.6. The van der Waals surface area contributed by atoms with E-state index >= 15 is 0 Å². The molecule has 0 radical (unpaired) electrons. The molecule has 13 rings (SSSR count). The van der Waals surface area contributed by atoms with Crippen LogP contribution in [-0.4, -0.2) is 27.6 Å². The maximum absolute atomic E-state index is 5.29. The van der Waals surface area contributed by atoms with Crippen LogP contribution in [0.1, 0.15) is 22.3 Å². The van der Waals surface area contributed by atoms with Gasteiger partial charge in [-0.1, -0.05) is 248 Å². The van der Waals surface area contributed by atoms with Crippen LogP contribution in [0.4, 0.5) is 0 Å². The summed E-state index contributed by atoms with van der Waals surface area (Å²) in [5, 5.41) is 7.65. The van der Waals surface area contributed by atoms with Gasteiger partial charge in [0.15, 0.2) is 25.5 Å². The monoisotopic (exact) mass is 1020 g/mol. The first-order chi connectivity index (χ1) is 38.3. The molecule has 13 aromatic rings. The number of rotatable bonds is 11. The third-order valence-electron chi connectivity index (χ3n) is 15.6. The summed E-state index contributed by atoms with van der Waals surface area (Å²) in [4.78, 5) is 15.7. The Balaban J connectivity index is 1.11. The first-order valence-electron chi connectivity index (χ1n) is 26.8. The van der Waals surface area contributed by atoms with Crippen molar-refractivity contribution in [2.45, 2.75) is 27.7 Å². The first kappa shape index (κ1) is 48.1. The minimum atomic E-state index is -2.90. The highest BCUT2D eigenvalue weighted by Crippen LogP contribution is 2.42. The van der Waals surface area contributed by atoms with E-state index in [1.165, 1.54) is 76.0 Å². The fourth-order valence-electron chi connectivity index (χ4n) is 11.9. The molecule has 0 amide bonds. The van der Waals surface area contributed by atoms with Gasteiger partial charge in [-0.05, 0) is 118 Å². The molecule has 5 heteroatoms. The standard InChI is InChI=1S/C73H56N4Si/c1-49-33-38-63(51(3)43-49)56-36-41-68-66(46-56)67-47-57(64-39-34-50(2)44-52(64)4)37-42-69(67)77(68)70-48-58(73-75-71(53-21-10-5-11-22-53)74-72(76-73)54-23-12-6-13-24-54)35-40-65(70)55-25-20-32-62(45-55)78(59-26-14-7-15-27-59,60-28-16-8-17-29-60)61-30-18-9-19-31-61/h5-48H,1-4H3. The molecule has 0 saturated carbocycles. The molecule has 0 N–H and O–H groups in total. The molecule has 0 saturated heterocycles. The summed E-state index contributed by atoms with van der Waals surface area (Å²) in [6.45, 7) is 8.77. The Hall–Kier alpha value is -9.55. The average Bonchev–Trinajstić information content (AvgIpc) is 4.05. The van der Waals surface area contributed by atoms with Crippen LogP contribution in [0.3, 0.4) is 0 Å². The second-order valence-corrected chi connectivity index (χ2v) is 24.4. The van der Waals surface area contributed by atoms with Crippen molar-refractivity contribution in [2.75, 3.05) is 0 Å². The Morgan fingerprint density at radius 2 is 0.654 bits per heavy atom. The van der Waals surface area contributed by atoms with E-state index in [1.54, 1.807) is 0 Å². The van der Waals surface area contributed by atoms with Crippen molar-refractivity contribution in [3.63, 3.8) is 0 Å². The van der Waals surface area contributed by atoms with Crippen LogP contribution in [0.5, 0.6) is 0 Å². The van der Waals surface area contributed by atoms with Gasteiger partial charge in [0, 0.05) is 33.0 Å². The first-order valence-corrected chi connectivity index (χ1v) is 28.8. The number of nitrogens with zero attached hydrogens (tertiary/aromatic N) is 4. The zero-order valence-electron chi connectivity index (χ0n) is 44.2. The Kier molecular flexibility index (Phi) is 12.5. The van der Waals surface area contributed by atoms with Crippen LogP contribution in [0.15, 0.2) is 267 Å². The van der Waals surface area contributed by atoms with Crippen LogP contribution < -0.4 is 20.7 Å². The smallest absolute Gasteiger partial charge is 0.179 e. The number of hydrogen-bond acceptors (Lipinski definition) is 3. The Labute approximate surface area is 457 Å². The highest BCUT2D eigenvalue weighted by atomic mass is 28.3. The van der Waals surface area contributed by atoms with Crippen molar-refractivity contribution in [3.05, 3.63) is 289 Å². The van der Waals surface area contributed by atoms with Gasteiger partial charge in [-0.25, -0.2) is 15.0 Å². The van der Waals surface area contributed by atoms with Crippen LogP contribution in [0.2, 0.25) is 0 Å². The molecule has 0 atom stereocenters. The summed E-state index contributed by atoms with van der Waals surface area (Å²) in [6.07, 6.45) is 0. The molecule has 0 aliphatic rings. The third-order valence-corrected chi connectivity index (χ3v) is 20.3. The largest absolute Gasteiger partial charge is 0.309 e. The van der Waals surface area contributed by atoms with E-state index in [0.29, 0.717) is 17.5 Å². The van der Waals surface area contributed by atoms with Gasteiger partial charge in [-0.15, -0.1) is 0 Å². The summed E-state index contributed by atoms with van der Waals surface area (Å²) in [5.74, 6) is 1.84. The van der Waals surface area contributed by atoms with Crippen molar-refractivity contribution < 1.29 is 0 Å². The Morgan fingerprint density at radius 1 is 0.282 bits per heavy atom. The normalized spacial score (nSPS) is 11.6. The predicted octanol–water partition coefficient (Wildman–Crippen LogP) is 15.6. The zero-order valence-corrected chi connectivity index (χ0v) is 45.2. The van der Waals surface area contributed by atoms with Crippen molar-refractivity contribution in [1.82, 2.24) is 19.5 Å². The summed E-state index contributed by atoms with van der Waals surface area (Å²) in [6, 6.07) is 97.8. The molecule has 0 bridgehead atoms. The minimum absolute atomic E-state index is 0.600. The van der Waals surface area contributed by atoms with Gasteiger partial charge in [-0.3, -0.25) is 0 Å². The van der Waals surface area contributed by atoms with Gasteiger partial charge in [0.1, 0.15) is 0 Å². The van der Waals surface area contributed by atoms with E-state index in [4.69, 9.17) is 15.0 Å². The lowest BCUT2D eigenvalue weighted by atomic mass is 9.95. The van der Waals surface area contributed by atoms with E-state index in [-0.39, 0.29) is 0 Å². The topological polar surface area (TPSA) is 43.6 Å². The maximum Gasteiger partial charge on any atom is 0.179 e. The third kappa shape index (κ3) is 8.64. The van der Waals surface area contributed by atoms with Gasteiger partial charge in [0.25, 0.3) is 0 Å². The van der Waals surface area contributed by atoms with Crippen molar-refractivity contribution >= 4 is 50.6 Å². The number of aryl methyl sites for hydroxylation is 4. The maximum atomic E-state index is 5.29. The highest BCUT2D eigenvalue weighted by Gasteiger charge is 2.41. The molecule has 372 valence electrons. The van der Waals surface area contributed by atoms with Crippen molar-refractivity contribution in [3.8, 4) is 73.2 Å². The number of hydrogen-bond donors (Lipinski definition) is 0. The molecule has 78 heavy (non-hydrogen) atoms. The Bertz CT molecular complexity index is 4080. The Morgan fingerprint density at radius 3 is 1.10 bits per heavy atom. The average molecular weight is 1020 g/mol. The van der Waals surface area contributed by atoms with E-state index in [0.717, 1.165) is 44.5 Å². The predicted molar refractivity (Wildman–Crippen MR) is 329 cm³/mol. The summed E-state index contributed by atoms with van der Waals surface area (Å²) < 4.78 is 2.49. The molecule has 11 aromatic carbocycles. The molecule has 4 nitrogen and oxygen atoms in total. The summed E-state index contributed by atoms with van der Waals surface area (Å²) >= 11 is 0. The molecule has 0 unspecified atom stereocenters. The molecular weight excluding hydrogens is 961 g/mol. The van der Waals surface area contributed by atoms with Gasteiger partial charge in [0.05, 0.1) is 16.7 Å². The molecular formula is C73H56N4Si. The van der Waals surface area contributed by atoms with E-state index < -0.39 is 8.07 Å².